The molecule has 1 atom stereocenters. The van der Waals surface area contributed by atoms with Crippen LogP contribution < -0.4 is 5.32 Å². The summed E-state index contributed by atoms with van der Waals surface area (Å²) in [5, 5.41) is 15.2. The van der Waals surface area contributed by atoms with E-state index in [1.54, 1.807) is 24.3 Å². The van der Waals surface area contributed by atoms with Gasteiger partial charge in [0.05, 0.1) is 4.92 Å². The molecule has 5 rings (SSSR count). The molecule has 1 aromatic heterocycles. The molecule has 3 aromatic carbocycles. The molecule has 0 bridgehead atoms. The number of rotatable bonds is 8. The molecule has 0 unspecified atom stereocenters. The lowest BCUT2D eigenvalue weighted by molar-refractivity contribution is -0.384. The number of non-ortho nitro benzene ring substituents is 1. The average molecular weight is 458 g/mol. The maximum Gasteiger partial charge on any atom is 0.270 e. The van der Waals surface area contributed by atoms with Gasteiger partial charge in [-0.15, -0.1) is 0 Å². The number of fused-ring (bicyclic) bond motifs is 1. The summed E-state index contributed by atoms with van der Waals surface area (Å²) in [7, 11) is 0. The molecular weight excluding hydrogens is 433 g/mol. The van der Waals surface area contributed by atoms with Crippen molar-refractivity contribution in [3.05, 3.63) is 112 Å². The third-order valence-electron chi connectivity index (χ3n) is 6.26. The second kappa shape index (κ2) is 9.09. The van der Waals surface area contributed by atoms with E-state index in [0.29, 0.717) is 17.5 Å². The van der Waals surface area contributed by atoms with Gasteiger partial charge in [-0.3, -0.25) is 14.9 Å². The van der Waals surface area contributed by atoms with Gasteiger partial charge in [0.2, 0.25) is 5.91 Å². The van der Waals surface area contributed by atoms with E-state index in [9.17, 15) is 19.3 Å². The molecule has 0 saturated heterocycles. The molecule has 1 aliphatic rings. The summed E-state index contributed by atoms with van der Waals surface area (Å²) < 4.78 is 16.2. The number of nitrogens with zero attached hydrogens (tertiary/aromatic N) is 2. The highest BCUT2D eigenvalue weighted by Crippen LogP contribution is 2.37. The fraction of sp³-hybridized carbons (Fsp3) is 0.222. The Morgan fingerprint density at radius 3 is 2.59 bits per heavy atom. The Labute approximate surface area is 196 Å². The van der Waals surface area contributed by atoms with E-state index in [4.69, 9.17) is 0 Å². The van der Waals surface area contributed by atoms with Crippen LogP contribution in [0.25, 0.3) is 10.9 Å². The number of carbonyl (C=O) groups is 1. The first-order valence-corrected chi connectivity index (χ1v) is 11.3. The number of hydrogen-bond donors (Lipinski definition) is 1. The van der Waals surface area contributed by atoms with Gasteiger partial charge < -0.3 is 9.88 Å². The molecule has 0 aliphatic heterocycles. The number of aromatic nitrogens is 1. The van der Waals surface area contributed by atoms with Crippen LogP contribution in [0.1, 0.15) is 41.9 Å². The topological polar surface area (TPSA) is 77.2 Å². The van der Waals surface area contributed by atoms with Gasteiger partial charge in [-0.1, -0.05) is 42.5 Å². The monoisotopic (exact) mass is 457 g/mol. The second-order valence-corrected chi connectivity index (χ2v) is 8.81. The van der Waals surface area contributed by atoms with E-state index in [2.05, 4.69) is 5.32 Å². The predicted molar refractivity (Wildman–Crippen MR) is 128 cm³/mol. The van der Waals surface area contributed by atoms with Crippen LogP contribution in [0.5, 0.6) is 0 Å². The summed E-state index contributed by atoms with van der Waals surface area (Å²) in [6, 6.07) is 21.1. The number of halogens is 1. The maximum absolute atomic E-state index is 14.2. The van der Waals surface area contributed by atoms with Crippen LogP contribution in [0.4, 0.5) is 10.1 Å². The van der Waals surface area contributed by atoms with E-state index in [0.717, 1.165) is 29.5 Å². The Morgan fingerprint density at radius 1 is 1.09 bits per heavy atom. The van der Waals surface area contributed by atoms with Crippen LogP contribution >= 0.6 is 0 Å². The zero-order chi connectivity index (χ0) is 23.7. The Balaban J connectivity index is 1.64. The summed E-state index contributed by atoms with van der Waals surface area (Å²) in [6.45, 7) is 0.569. The first kappa shape index (κ1) is 21.8. The van der Waals surface area contributed by atoms with E-state index in [-0.39, 0.29) is 29.9 Å². The second-order valence-electron chi connectivity index (χ2n) is 8.81. The average Bonchev–Trinajstić information content (AvgIpc) is 3.58. The number of benzene rings is 3. The molecule has 6 nitrogen and oxygen atoms in total. The predicted octanol–water partition coefficient (Wildman–Crippen LogP) is 5.54. The van der Waals surface area contributed by atoms with Crippen molar-refractivity contribution in [1.82, 2.24) is 9.88 Å². The first-order valence-electron chi connectivity index (χ1n) is 11.3. The highest BCUT2D eigenvalue weighted by molar-refractivity contribution is 5.88. The molecule has 1 aliphatic carbocycles. The van der Waals surface area contributed by atoms with Gasteiger partial charge >= 0.3 is 0 Å². The van der Waals surface area contributed by atoms with Crippen LogP contribution in [0.2, 0.25) is 0 Å². The molecule has 4 aromatic rings. The fourth-order valence-corrected chi connectivity index (χ4v) is 4.45. The molecule has 1 saturated carbocycles. The standard InChI is InChI=1S/C27H24FN3O3/c28-20-8-4-7-19(13-20)23(15-27(32)29-21-9-10-21)25-17-30(16-18-5-2-1-3-6-18)26-12-11-22(31(33)34)14-24(25)26/h1-8,11-14,17,21,23H,9-10,15-16H2,(H,29,32)/t23-/m0/s1. The van der Waals surface area contributed by atoms with Crippen molar-refractivity contribution in [2.24, 2.45) is 0 Å². The molecule has 0 radical (unpaired) electrons. The normalized spacial score (nSPS) is 14.1. The number of nitro groups is 1. The Hall–Kier alpha value is -4.00. The Morgan fingerprint density at radius 2 is 1.88 bits per heavy atom. The summed E-state index contributed by atoms with van der Waals surface area (Å²) in [6.07, 6.45) is 4.02. The number of amides is 1. The number of nitro benzene ring substituents is 1. The van der Waals surface area contributed by atoms with Crippen molar-refractivity contribution >= 4 is 22.5 Å². The number of nitrogens with one attached hydrogen (secondary N) is 1. The van der Waals surface area contributed by atoms with Crippen molar-refractivity contribution in [3.8, 4) is 0 Å². The summed E-state index contributed by atoms with van der Waals surface area (Å²) >= 11 is 0. The van der Waals surface area contributed by atoms with Gasteiger partial charge in [0.1, 0.15) is 5.82 Å². The Bertz CT molecular complexity index is 1360. The number of hydrogen-bond acceptors (Lipinski definition) is 3. The van der Waals surface area contributed by atoms with Crippen LogP contribution in [0, 0.1) is 15.9 Å². The van der Waals surface area contributed by atoms with Gasteiger partial charge in [0, 0.05) is 54.2 Å². The molecule has 1 amide bonds. The SMILES string of the molecule is O=C(C[C@@H](c1cccc(F)c1)c1cn(Cc2ccccc2)c2ccc([N+](=O)[O-])cc12)NC1CC1. The van der Waals surface area contributed by atoms with Crippen molar-refractivity contribution in [3.63, 3.8) is 0 Å². The van der Waals surface area contributed by atoms with Crippen LogP contribution in [-0.4, -0.2) is 21.4 Å². The molecule has 1 heterocycles. The van der Waals surface area contributed by atoms with Crippen LogP contribution in [-0.2, 0) is 11.3 Å². The lowest BCUT2D eigenvalue weighted by atomic mass is 9.88. The van der Waals surface area contributed by atoms with E-state index < -0.39 is 10.8 Å². The minimum atomic E-state index is -0.448. The third-order valence-corrected chi connectivity index (χ3v) is 6.26. The molecule has 1 N–H and O–H groups in total. The summed E-state index contributed by atoms with van der Waals surface area (Å²) in [5.41, 5.74) is 3.32. The smallest absolute Gasteiger partial charge is 0.270 e. The lowest BCUT2D eigenvalue weighted by Gasteiger charge is -2.17. The Kier molecular flexibility index (Phi) is 5.84. The molecule has 1 fully saturated rings. The van der Waals surface area contributed by atoms with Crippen molar-refractivity contribution in [2.45, 2.75) is 37.8 Å². The molecule has 7 heteroatoms. The highest BCUT2D eigenvalue weighted by Gasteiger charge is 2.28. The van der Waals surface area contributed by atoms with Crippen molar-refractivity contribution < 1.29 is 14.1 Å². The summed E-state index contributed by atoms with van der Waals surface area (Å²) in [4.78, 5) is 23.9. The van der Waals surface area contributed by atoms with Gasteiger partial charge in [-0.25, -0.2) is 4.39 Å². The third kappa shape index (κ3) is 4.69. The van der Waals surface area contributed by atoms with Gasteiger partial charge in [-0.2, -0.15) is 0 Å². The van der Waals surface area contributed by atoms with E-state index in [1.165, 1.54) is 18.2 Å². The minimum Gasteiger partial charge on any atom is -0.353 e. The van der Waals surface area contributed by atoms with Gasteiger partial charge in [0.15, 0.2) is 0 Å². The lowest BCUT2D eigenvalue weighted by Crippen LogP contribution is -2.27. The van der Waals surface area contributed by atoms with Crippen LogP contribution in [0.3, 0.4) is 0 Å². The first-order chi connectivity index (χ1) is 16.5. The quantitative estimate of drug-likeness (QED) is 0.279. The molecule has 34 heavy (non-hydrogen) atoms. The zero-order valence-electron chi connectivity index (χ0n) is 18.5. The zero-order valence-corrected chi connectivity index (χ0v) is 18.5. The molecule has 0 spiro atoms. The largest absolute Gasteiger partial charge is 0.353 e. The number of carbonyl (C=O) groups excluding carboxylic acids is 1. The summed E-state index contributed by atoms with van der Waals surface area (Å²) in [5.74, 6) is -0.939. The van der Waals surface area contributed by atoms with Gasteiger partial charge in [-0.05, 0) is 47.7 Å². The van der Waals surface area contributed by atoms with Crippen molar-refractivity contribution in [1.29, 1.82) is 0 Å². The van der Waals surface area contributed by atoms with Gasteiger partial charge in [0.25, 0.3) is 5.69 Å². The minimum absolute atomic E-state index is 0.0216. The molecule has 172 valence electrons. The highest BCUT2D eigenvalue weighted by atomic mass is 19.1. The molecular formula is C27H24FN3O3. The van der Waals surface area contributed by atoms with Crippen molar-refractivity contribution in [2.75, 3.05) is 0 Å². The fourth-order valence-electron chi connectivity index (χ4n) is 4.45. The van der Waals surface area contributed by atoms with Crippen LogP contribution in [0.15, 0.2) is 79.0 Å². The van der Waals surface area contributed by atoms with E-state index in [1.807, 2.05) is 41.1 Å². The van der Waals surface area contributed by atoms with E-state index >= 15 is 0 Å². The maximum atomic E-state index is 14.2.